The van der Waals surface area contributed by atoms with Crippen molar-refractivity contribution in [2.24, 2.45) is 0 Å². The number of nitrogens with one attached hydrogen (secondary N) is 2. The van der Waals surface area contributed by atoms with E-state index in [1.54, 1.807) is 12.4 Å². The number of amides is 2. The van der Waals surface area contributed by atoms with Crippen LogP contribution in [0.3, 0.4) is 0 Å². The lowest BCUT2D eigenvalue weighted by atomic mass is 10.0. The smallest absolute Gasteiger partial charge is 0.237 e. The van der Waals surface area contributed by atoms with Crippen LogP contribution >= 0.6 is 0 Å². The molecule has 1 aliphatic heterocycles. The molecule has 4 rings (SSSR count). The third-order valence-corrected chi connectivity index (χ3v) is 5.57. The van der Waals surface area contributed by atoms with E-state index in [2.05, 4.69) is 50.8 Å². The number of fused-ring (bicyclic) bond motifs is 1. The first-order valence-corrected chi connectivity index (χ1v) is 11.0. The van der Waals surface area contributed by atoms with Crippen molar-refractivity contribution in [3.63, 3.8) is 0 Å². The summed E-state index contributed by atoms with van der Waals surface area (Å²) in [5, 5.41) is 8.16. The van der Waals surface area contributed by atoms with Crippen molar-refractivity contribution in [1.82, 2.24) is 20.5 Å². The van der Waals surface area contributed by atoms with E-state index in [9.17, 15) is 9.59 Å². The zero-order valence-corrected chi connectivity index (χ0v) is 18.0. The molecule has 1 saturated heterocycles. The fraction of sp³-hybridized carbons (Fsp3) is 0.320. The molecule has 0 spiro atoms. The van der Waals surface area contributed by atoms with Gasteiger partial charge in [0.25, 0.3) is 0 Å². The maximum Gasteiger partial charge on any atom is 0.237 e. The molecule has 166 valence electrons. The van der Waals surface area contributed by atoms with Crippen LogP contribution in [0, 0.1) is 0 Å². The number of pyridine rings is 1. The van der Waals surface area contributed by atoms with E-state index in [1.165, 1.54) is 10.8 Å². The summed E-state index contributed by atoms with van der Waals surface area (Å²) in [4.78, 5) is 31.1. The van der Waals surface area contributed by atoms with E-state index in [1.807, 2.05) is 24.3 Å². The van der Waals surface area contributed by atoms with Crippen LogP contribution < -0.4 is 15.4 Å². The van der Waals surface area contributed by atoms with Gasteiger partial charge >= 0.3 is 0 Å². The molecule has 2 N–H and O–H groups in total. The predicted octanol–water partition coefficient (Wildman–Crippen LogP) is 2.51. The third-order valence-electron chi connectivity index (χ3n) is 5.57. The Morgan fingerprint density at radius 3 is 2.88 bits per heavy atom. The average Bonchev–Trinajstić information content (AvgIpc) is 2.82. The zero-order valence-electron chi connectivity index (χ0n) is 18.0. The fourth-order valence-electron chi connectivity index (χ4n) is 3.92. The summed E-state index contributed by atoms with van der Waals surface area (Å²) in [6.45, 7) is 2.93. The largest absolute Gasteiger partial charge is 0.492 e. The number of ether oxygens (including phenoxy) is 1. The highest BCUT2D eigenvalue weighted by Crippen LogP contribution is 2.19. The van der Waals surface area contributed by atoms with Gasteiger partial charge in [0.05, 0.1) is 25.3 Å². The molecule has 0 radical (unpaired) electrons. The van der Waals surface area contributed by atoms with Gasteiger partial charge in [-0.3, -0.25) is 19.5 Å². The Morgan fingerprint density at radius 2 is 2.03 bits per heavy atom. The van der Waals surface area contributed by atoms with E-state index >= 15 is 0 Å². The van der Waals surface area contributed by atoms with Crippen molar-refractivity contribution < 1.29 is 14.3 Å². The number of carbonyl (C=O) groups is 2. The summed E-state index contributed by atoms with van der Waals surface area (Å²) in [6.07, 6.45) is 4.17. The molecule has 2 aromatic carbocycles. The molecule has 7 nitrogen and oxygen atoms in total. The van der Waals surface area contributed by atoms with Gasteiger partial charge in [0.2, 0.25) is 11.8 Å². The molecule has 0 aliphatic carbocycles. The number of carbonyl (C=O) groups excluding carboxylic acids is 2. The number of benzene rings is 2. The molecule has 3 aromatic rings. The Morgan fingerprint density at radius 1 is 1.16 bits per heavy atom. The monoisotopic (exact) mass is 432 g/mol. The summed E-state index contributed by atoms with van der Waals surface area (Å²) in [6, 6.07) is 17.8. The van der Waals surface area contributed by atoms with E-state index in [4.69, 9.17) is 4.74 Å². The van der Waals surface area contributed by atoms with Crippen LogP contribution in [0.15, 0.2) is 67.0 Å². The highest BCUT2D eigenvalue weighted by molar-refractivity contribution is 5.89. The van der Waals surface area contributed by atoms with Crippen LogP contribution in [-0.4, -0.2) is 54.0 Å². The second kappa shape index (κ2) is 10.7. The molecule has 0 saturated carbocycles. The van der Waals surface area contributed by atoms with Crippen LogP contribution in [0.2, 0.25) is 0 Å². The highest BCUT2D eigenvalue weighted by Gasteiger charge is 2.31. The van der Waals surface area contributed by atoms with Gasteiger partial charge in [-0.15, -0.1) is 0 Å². The molecular formula is C25H28N4O3. The molecule has 7 heteroatoms. The van der Waals surface area contributed by atoms with E-state index in [-0.39, 0.29) is 18.2 Å². The summed E-state index contributed by atoms with van der Waals surface area (Å²) in [7, 11) is 0. The van der Waals surface area contributed by atoms with Crippen LogP contribution in [0.5, 0.6) is 5.75 Å². The van der Waals surface area contributed by atoms with E-state index in [0.29, 0.717) is 38.4 Å². The summed E-state index contributed by atoms with van der Waals surface area (Å²) in [5.41, 5.74) is 1.14. The second-order valence-corrected chi connectivity index (χ2v) is 7.90. The van der Waals surface area contributed by atoms with Gasteiger partial charge in [0.15, 0.2) is 0 Å². The Bertz CT molecular complexity index is 1060. The van der Waals surface area contributed by atoms with Crippen molar-refractivity contribution >= 4 is 22.6 Å². The lowest BCUT2D eigenvalue weighted by molar-refractivity contribution is -0.134. The number of hydrogen-bond donors (Lipinski definition) is 2. The molecule has 32 heavy (non-hydrogen) atoms. The first kappa shape index (κ1) is 21.8. The molecule has 0 bridgehead atoms. The molecule has 1 unspecified atom stereocenters. The zero-order chi connectivity index (χ0) is 22.2. The fourth-order valence-corrected chi connectivity index (χ4v) is 3.92. The lowest BCUT2D eigenvalue weighted by Gasteiger charge is -2.34. The molecule has 2 amide bonds. The first-order chi connectivity index (χ1) is 15.7. The minimum atomic E-state index is -0.470. The van der Waals surface area contributed by atoms with Crippen LogP contribution in [0.25, 0.3) is 10.8 Å². The molecular weight excluding hydrogens is 404 g/mol. The maximum atomic E-state index is 12.5. The Kier molecular flexibility index (Phi) is 7.30. The van der Waals surface area contributed by atoms with Gasteiger partial charge in [-0.05, 0) is 41.0 Å². The topological polar surface area (TPSA) is 83.6 Å². The summed E-state index contributed by atoms with van der Waals surface area (Å²) < 4.78 is 5.58. The quantitative estimate of drug-likeness (QED) is 0.508. The number of piperazine rings is 1. The lowest BCUT2D eigenvalue weighted by Crippen LogP contribution is -2.56. The van der Waals surface area contributed by atoms with E-state index < -0.39 is 6.04 Å². The Hall–Kier alpha value is -3.45. The number of rotatable bonds is 9. The van der Waals surface area contributed by atoms with Crippen molar-refractivity contribution in [2.75, 3.05) is 26.2 Å². The molecule has 1 fully saturated rings. The predicted molar refractivity (Wildman–Crippen MR) is 123 cm³/mol. The van der Waals surface area contributed by atoms with Gasteiger partial charge in [-0.25, -0.2) is 0 Å². The normalized spacial score (nSPS) is 16.5. The third kappa shape index (κ3) is 5.82. The van der Waals surface area contributed by atoms with Gasteiger partial charge in [-0.2, -0.15) is 0 Å². The standard InChI is InChI=1S/C25H28N4O3/c30-24(27-11-4-14-32-22-7-3-10-26-17-22)16-23-25(31)28-12-13-29(23)18-19-8-9-20-5-1-2-6-21(20)15-19/h1-3,5-10,15,17,23H,4,11-14,16,18H2,(H,27,30)(H,28,31). The van der Waals surface area contributed by atoms with Gasteiger partial charge in [0, 0.05) is 32.4 Å². The first-order valence-electron chi connectivity index (χ1n) is 11.0. The van der Waals surface area contributed by atoms with Crippen molar-refractivity contribution in [3.05, 3.63) is 72.6 Å². The van der Waals surface area contributed by atoms with Crippen molar-refractivity contribution in [2.45, 2.75) is 25.4 Å². The number of hydrogen-bond acceptors (Lipinski definition) is 5. The van der Waals surface area contributed by atoms with Gasteiger partial charge in [0.1, 0.15) is 5.75 Å². The van der Waals surface area contributed by atoms with Crippen molar-refractivity contribution in [1.29, 1.82) is 0 Å². The Labute approximate surface area is 187 Å². The Balaban J connectivity index is 1.28. The second-order valence-electron chi connectivity index (χ2n) is 7.90. The SMILES string of the molecule is O=C(CC1C(=O)NCCN1Cc1ccc2ccccc2c1)NCCCOc1cccnc1. The highest BCUT2D eigenvalue weighted by atomic mass is 16.5. The number of aromatic nitrogens is 1. The summed E-state index contributed by atoms with van der Waals surface area (Å²) in [5.74, 6) is 0.492. The van der Waals surface area contributed by atoms with Crippen LogP contribution in [0.4, 0.5) is 0 Å². The molecule has 2 heterocycles. The van der Waals surface area contributed by atoms with Crippen LogP contribution in [0.1, 0.15) is 18.4 Å². The summed E-state index contributed by atoms with van der Waals surface area (Å²) >= 11 is 0. The van der Waals surface area contributed by atoms with E-state index in [0.717, 1.165) is 12.1 Å². The number of nitrogens with zero attached hydrogens (tertiary/aromatic N) is 2. The average molecular weight is 433 g/mol. The molecule has 1 aromatic heterocycles. The van der Waals surface area contributed by atoms with Crippen molar-refractivity contribution in [3.8, 4) is 5.75 Å². The minimum absolute atomic E-state index is 0.0906. The molecule has 1 aliphatic rings. The maximum absolute atomic E-state index is 12.5. The van der Waals surface area contributed by atoms with Gasteiger partial charge in [-0.1, -0.05) is 36.4 Å². The van der Waals surface area contributed by atoms with Crippen LogP contribution in [-0.2, 0) is 16.1 Å². The molecule has 1 atom stereocenters. The van der Waals surface area contributed by atoms with Gasteiger partial charge < -0.3 is 15.4 Å². The minimum Gasteiger partial charge on any atom is -0.492 e.